The predicted molar refractivity (Wildman–Crippen MR) is 68.7 cm³/mol. The molecular weight excluding hydrogens is 218 g/mol. The average molecular weight is 243 g/mol. The van der Waals surface area contributed by atoms with Gasteiger partial charge in [0.15, 0.2) is 0 Å². The summed E-state index contributed by atoms with van der Waals surface area (Å²) < 4.78 is 0. The molecule has 0 radical (unpaired) electrons. The van der Waals surface area contributed by atoms with E-state index in [9.17, 15) is 9.59 Å². The SMILES string of the molecule is CCCNC(=O)CNCC(=O)NC(CC)CC. The zero-order valence-corrected chi connectivity index (χ0v) is 11.1. The van der Waals surface area contributed by atoms with Crippen molar-refractivity contribution < 1.29 is 9.59 Å². The van der Waals surface area contributed by atoms with E-state index in [-0.39, 0.29) is 30.9 Å². The summed E-state index contributed by atoms with van der Waals surface area (Å²) >= 11 is 0. The Morgan fingerprint density at radius 1 is 1.00 bits per heavy atom. The Labute approximate surface area is 104 Å². The second-order valence-corrected chi connectivity index (χ2v) is 4.03. The molecule has 3 N–H and O–H groups in total. The van der Waals surface area contributed by atoms with Crippen LogP contribution in [0.3, 0.4) is 0 Å². The van der Waals surface area contributed by atoms with Gasteiger partial charge in [0.2, 0.25) is 11.8 Å². The summed E-state index contributed by atoms with van der Waals surface area (Å²) in [6, 6.07) is 0.234. The lowest BCUT2D eigenvalue weighted by atomic mass is 10.2. The molecule has 0 atom stereocenters. The molecule has 0 saturated carbocycles. The van der Waals surface area contributed by atoms with Crippen molar-refractivity contribution in [2.24, 2.45) is 0 Å². The van der Waals surface area contributed by atoms with Gasteiger partial charge in [-0.3, -0.25) is 14.9 Å². The molecule has 0 aromatic heterocycles. The van der Waals surface area contributed by atoms with Crippen LogP contribution in [0.2, 0.25) is 0 Å². The number of hydrogen-bond donors (Lipinski definition) is 3. The van der Waals surface area contributed by atoms with E-state index in [0.717, 1.165) is 19.3 Å². The minimum atomic E-state index is -0.0674. The smallest absolute Gasteiger partial charge is 0.234 e. The lowest BCUT2D eigenvalue weighted by molar-refractivity contribution is -0.121. The molecule has 0 fully saturated rings. The van der Waals surface area contributed by atoms with Gasteiger partial charge >= 0.3 is 0 Å². The summed E-state index contributed by atoms with van der Waals surface area (Å²) in [6.07, 6.45) is 2.78. The first-order valence-electron chi connectivity index (χ1n) is 6.40. The van der Waals surface area contributed by atoms with Gasteiger partial charge in [-0.25, -0.2) is 0 Å². The number of rotatable bonds is 9. The number of hydrogen-bond acceptors (Lipinski definition) is 3. The number of carbonyl (C=O) groups is 2. The maximum atomic E-state index is 11.5. The third-order valence-corrected chi connectivity index (χ3v) is 2.49. The van der Waals surface area contributed by atoms with Crippen molar-refractivity contribution in [1.82, 2.24) is 16.0 Å². The van der Waals surface area contributed by atoms with Gasteiger partial charge in [-0.05, 0) is 19.3 Å². The van der Waals surface area contributed by atoms with Crippen molar-refractivity contribution in [2.45, 2.75) is 46.1 Å². The molecule has 0 aliphatic heterocycles. The highest BCUT2D eigenvalue weighted by molar-refractivity contribution is 5.81. The molecule has 0 aliphatic rings. The lowest BCUT2D eigenvalue weighted by Crippen LogP contribution is -2.42. The van der Waals surface area contributed by atoms with Crippen LogP contribution in [0.5, 0.6) is 0 Å². The molecule has 5 heteroatoms. The van der Waals surface area contributed by atoms with E-state index >= 15 is 0 Å². The van der Waals surface area contributed by atoms with Crippen molar-refractivity contribution in [2.75, 3.05) is 19.6 Å². The maximum absolute atomic E-state index is 11.5. The minimum absolute atomic E-state index is 0.0537. The molecule has 0 heterocycles. The molecule has 0 saturated heterocycles. The highest BCUT2D eigenvalue weighted by Crippen LogP contribution is 1.94. The van der Waals surface area contributed by atoms with Crippen LogP contribution in [0, 0.1) is 0 Å². The molecule has 0 aliphatic carbocycles. The molecule has 0 rings (SSSR count). The number of nitrogens with one attached hydrogen (secondary N) is 3. The Bertz CT molecular complexity index is 228. The minimum Gasteiger partial charge on any atom is -0.355 e. The van der Waals surface area contributed by atoms with Crippen molar-refractivity contribution in [3.63, 3.8) is 0 Å². The van der Waals surface area contributed by atoms with E-state index in [0.29, 0.717) is 6.54 Å². The van der Waals surface area contributed by atoms with Gasteiger partial charge in [0.25, 0.3) is 0 Å². The average Bonchev–Trinajstić information content (AvgIpc) is 2.33. The fourth-order valence-electron chi connectivity index (χ4n) is 1.39. The Hall–Kier alpha value is -1.10. The van der Waals surface area contributed by atoms with Crippen LogP contribution in [0.25, 0.3) is 0 Å². The largest absolute Gasteiger partial charge is 0.355 e. The van der Waals surface area contributed by atoms with Crippen molar-refractivity contribution in [3.05, 3.63) is 0 Å². The molecular formula is C12H25N3O2. The second kappa shape index (κ2) is 10.1. The Morgan fingerprint density at radius 2 is 1.59 bits per heavy atom. The first-order valence-corrected chi connectivity index (χ1v) is 6.40. The molecule has 0 spiro atoms. The lowest BCUT2D eigenvalue weighted by Gasteiger charge is -2.14. The highest BCUT2D eigenvalue weighted by Gasteiger charge is 2.08. The third-order valence-electron chi connectivity index (χ3n) is 2.49. The monoisotopic (exact) mass is 243 g/mol. The summed E-state index contributed by atoms with van der Waals surface area (Å²) in [5.74, 6) is -0.121. The molecule has 2 amide bonds. The van der Waals surface area contributed by atoms with Crippen molar-refractivity contribution in [1.29, 1.82) is 0 Å². The van der Waals surface area contributed by atoms with Gasteiger partial charge in [0.05, 0.1) is 13.1 Å². The maximum Gasteiger partial charge on any atom is 0.234 e. The topological polar surface area (TPSA) is 70.2 Å². The Morgan fingerprint density at radius 3 is 2.12 bits per heavy atom. The van der Waals surface area contributed by atoms with Gasteiger partial charge in [-0.15, -0.1) is 0 Å². The Balaban J connectivity index is 3.60. The highest BCUT2D eigenvalue weighted by atomic mass is 16.2. The van der Waals surface area contributed by atoms with E-state index < -0.39 is 0 Å². The zero-order valence-electron chi connectivity index (χ0n) is 11.1. The van der Waals surface area contributed by atoms with E-state index in [1.807, 2.05) is 20.8 Å². The van der Waals surface area contributed by atoms with Crippen LogP contribution < -0.4 is 16.0 Å². The van der Waals surface area contributed by atoms with Gasteiger partial charge in [-0.1, -0.05) is 20.8 Å². The molecule has 5 nitrogen and oxygen atoms in total. The summed E-state index contributed by atoms with van der Waals surface area (Å²) in [5.41, 5.74) is 0. The van der Waals surface area contributed by atoms with Gasteiger partial charge in [-0.2, -0.15) is 0 Å². The van der Waals surface area contributed by atoms with E-state index in [4.69, 9.17) is 0 Å². The summed E-state index contributed by atoms with van der Waals surface area (Å²) in [5, 5.41) is 8.46. The van der Waals surface area contributed by atoms with Crippen LogP contribution in [0.15, 0.2) is 0 Å². The van der Waals surface area contributed by atoms with E-state index in [2.05, 4.69) is 16.0 Å². The molecule has 0 bridgehead atoms. The Kier molecular flexibility index (Phi) is 9.43. The molecule has 0 aromatic rings. The van der Waals surface area contributed by atoms with Crippen LogP contribution in [-0.4, -0.2) is 37.5 Å². The first-order chi connectivity index (χ1) is 8.13. The second-order valence-electron chi connectivity index (χ2n) is 4.03. The molecule has 17 heavy (non-hydrogen) atoms. The molecule has 0 aromatic carbocycles. The summed E-state index contributed by atoms with van der Waals surface area (Å²) in [7, 11) is 0. The quantitative estimate of drug-likeness (QED) is 0.549. The van der Waals surface area contributed by atoms with Crippen LogP contribution >= 0.6 is 0 Å². The fraction of sp³-hybridized carbons (Fsp3) is 0.833. The van der Waals surface area contributed by atoms with Gasteiger partial charge in [0.1, 0.15) is 0 Å². The van der Waals surface area contributed by atoms with Gasteiger partial charge in [0, 0.05) is 12.6 Å². The van der Waals surface area contributed by atoms with Crippen molar-refractivity contribution >= 4 is 11.8 Å². The van der Waals surface area contributed by atoms with Gasteiger partial charge < -0.3 is 10.6 Å². The predicted octanol–water partition coefficient (Wildman–Crippen LogP) is 0.407. The first kappa shape index (κ1) is 15.9. The third kappa shape index (κ3) is 8.68. The standard InChI is InChI=1S/C12H25N3O2/c1-4-7-14-11(16)8-13-9-12(17)15-10(5-2)6-3/h10,13H,4-9H2,1-3H3,(H,14,16)(H,15,17). The van der Waals surface area contributed by atoms with Crippen molar-refractivity contribution in [3.8, 4) is 0 Å². The fourth-order valence-corrected chi connectivity index (χ4v) is 1.39. The number of carbonyl (C=O) groups excluding carboxylic acids is 2. The van der Waals surface area contributed by atoms with Crippen LogP contribution in [-0.2, 0) is 9.59 Å². The molecule has 0 unspecified atom stereocenters. The summed E-state index contributed by atoms with van der Waals surface area (Å²) in [6.45, 7) is 7.14. The van der Waals surface area contributed by atoms with Crippen LogP contribution in [0.4, 0.5) is 0 Å². The summed E-state index contributed by atoms with van der Waals surface area (Å²) in [4.78, 5) is 22.7. The number of amides is 2. The van der Waals surface area contributed by atoms with E-state index in [1.165, 1.54) is 0 Å². The molecule has 100 valence electrons. The van der Waals surface area contributed by atoms with Crippen LogP contribution in [0.1, 0.15) is 40.0 Å². The zero-order chi connectivity index (χ0) is 13.1. The van der Waals surface area contributed by atoms with E-state index in [1.54, 1.807) is 0 Å². The normalized spacial score (nSPS) is 10.4.